The minimum absolute atomic E-state index is 0.0259. The molecule has 0 saturated heterocycles. The molecule has 0 radical (unpaired) electrons. The highest BCUT2D eigenvalue weighted by Crippen LogP contribution is 2.34. The van der Waals surface area contributed by atoms with Crippen LogP contribution in [-0.4, -0.2) is 53.4 Å². The van der Waals surface area contributed by atoms with Gasteiger partial charge in [-0.2, -0.15) is 0 Å². The molecule has 29 heavy (non-hydrogen) atoms. The molecule has 0 fully saturated rings. The Labute approximate surface area is 168 Å². The largest absolute Gasteiger partial charge is 0.475 e. The van der Waals surface area contributed by atoms with E-state index in [0.29, 0.717) is 5.56 Å². The molecule has 0 bridgehead atoms. The van der Waals surface area contributed by atoms with Crippen LogP contribution in [0.4, 0.5) is 10.7 Å². The summed E-state index contributed by atoms with van der Waals surface area (Å²) in [7, 11) is 2.39. The second-order valence-electron chi connectivity index (χ2n) is 5.50. The number of aromatic nitrogens is 2. The molecule has 1 N–H and O–H groups in total. The van der Waals surface area contributed by atoms with Crippen molar-refractivity contribution in [3.8, 4) is 5.88 Å². The van der Waals surface area contributed by atoms with Crippen molar-refractivity contribution in [3.05, 3.63) is 32.3 Å². The maximum absolute atomic E-state index is 12.4. The second kappa shape index (κ2) is 9.14. The maximum atomic E-state index is 12.4. The van der Waals surface area contributed by atoms with Gasteiger partial charge in [-0.05, 0) is 19.4 Å². The van der Waals surface area contributed by atoms with E-state index >= 15 is 0 Å². The zero-order valence-electron chi connectivity index (χ0n) is 16.0. The van der Waals surface area contributed by atoms with Crippen LogP contribution in [0.2, 0.25) is 0 Å². The SMILES string of the molecule is CCOC(=O)c1sc(NC(=O)Cn2cc([N+](=O)[O-])c(OC)n2)c(C(=O)OC)c1C. The summed E-state index contributed by atoms with van der Waals surface area (Å²) in [5.41, 5.74) is -0.0583. The molecule has 0 atom stereocenters. The number of carbonyl (C=O) groups excluding carboxylic acids is 3. The van der Waals surface area contributed by atoms with Gasteiger partial charge in [-0.15, -0.1) is 16.4 Å². The molecule has 2 aromatic heterocycles. The molecule has 0 aliphatic carbocycles. The maximum Gasteiger partial charge on any atom is 0.350 e. The molecule has 2 rings (SSSR count). The fraction of sp³-hybridized carbons (Fsp3) is 0.375. The second-order valence-corrected chi connectivity index (χ2v) is 6.52. The summed E-state index contributed by atoms with van der Waals surface area (Å²) in [5.74, 6) is -2.24. The molecule has 156 valence electrons. The fourth-order valence-electron chi connectivity index (χ4n) is 2.40. The van der Waals surface area contributed by atoms with Crippen molar-refractivity contribution in [2.75, 3.05) is 26.1 Å². The quantitative estimate of drug-likeness (QED) is 0.378. The normalized spacial score (nSPS) is 10.3. The lowest BCUT2D eigenvalue weighted by atomic mass is 10.1. The molecule has 2 heterocycles. The minimum atomic E-state index is -0.735. The number of ether oxygens (including phenoxy) is 3. The first-order valence-corrected chi connectivity index (χ1v) is 8.99. The van der Waals surface area contributed by atoms with Crippen LogP contribution in [0.15, 0.2) is 6.20 Å². The lowest BCUT2D eigenvalue weighted by molar-refractivity contribution is -0.385. The van der Waals surface area contributed by atoms with E-state index in [0.717, 1.165) is 22.2 Å². The van der Waals surface area contributed by atoms with E-state index in [-0.39, 0.29) is 27.9 Å². The number of carbonyl (C=O) groups is 3. The zero-order valence-corrected chi connectivity index (χ0v) is 16.8. The predicted octanol–water partition coefficient (Wildman–Crippen LogP) is 1.77. The van der Waals surface area contributed by atoms with E-state index in [1.807, 2.05) is 0 Å². The van der Waals surface area contributed by atoms with Gasteiger partial charge in [-0.25, -0.2) is 9.59 Å². The average Bonchev–Trinajstić information content (AvgIpc) is 3.22. The highest BCUT2D eigenvalue weighted by Gasteiger charge is 2.27. The van der Waals surface area contributed by atoms with Crippen LogP contribution in [0.25, 0.3) is 0 Å². The summed E-state index contributed by atoms with van der Waals surface area (Å²) in [6, 6.07) is 0. The predicted molar refractivity (Wildman–Crippen MR) is 100 cm³/mol. The first kappa shape index (κ1) is 21.8. The Hall–Kier alpha value is -3.48. The molecule has 0 spiro atoms. The average molecular weight is 426 g/mol. The van der Waals surface area contributed by atoms with Crippen LogP contribution < -0.4 is 10.1 Å². The molecule has 0 unspecified atom stereocenters. The van der Waals surface area contributed by atoms with Gasteiger partial charge in [0.1, 0.15) is 22.6 Å². The van der Waals surface area contributed by atoms with E-state index in [9.17, 15) is 24.5 Å². The first-order valence-electron chi connectivity index (χ1n) is 8.17. The van der Waals surface area contributed by atoms with Gasteiger partial charge < -0.3 is 19.5 Å². The summed E-state index contributed by atoms with van der Waals surface area (Å²) < 4.78 is 15.5. The van der Waals surface area contributed by atoms with E-state index in [4.69, 9.17) is 14.2 Å². The summed E-state index contributed by atoms with van der Waals surface area (Å²) >= 11 is 0.865. The lowest BCUT2D eigenvalue weighted by Crippen LogP contribution is -2.20. The molecule has 1 amide bonds. The summed E-state index contributed by atoms with van der Waals surface area (Å²) in [5, 5.41) is 17.4. The smallest absolute Gasteiger partial charge is 0.350 e. The van der Waals surface area contributed by atoms with Crippen LogP contribution in [0.3, 0.4) is 0 Å². The zero-order chi connectivity index (χ0) is 21.7. The van der Waals surface area contributed by atoms with Gasteiger partial charge in [0, 0.05) is 0 Å². The Kier molecular flexibility index (Phi) is 6.88. The Balaban J connectivity index is 2.29. The summed E-state index contributed by atoms with van der Waals surface area (Å²) in [4.78, 5) is 47.0. The highest BCUT2D eigenvalue weighted by atomic mass is 32.1. The fourth-order valence-corrected chi connectivity index (χ4v) is 3.50. The number of amides is 1. The number of rotatable bonds is 8. The lowest BCUT2D eigenvalue weighted by Gasteiger charge is -2.06. The summed E-state index contributed by atoms with van der Waals surface area (Å²) in [6.45, 7) is 2.93. The molecule has 13 heteroatoms. The third-order valence-corrected chi connectivity index (χ3v) is 4.84. The van der Waals surface area contributed by atoms with Crippen molar-refractivity contribution in [2.24, 2.45) is 0 Å². The number of nitrogens with zero attached hydrogens (tertiary/aromatic N) is 3. The van der Waals surface area contributed by atoms with Gasteiger partial charge >= 0.3 is 23.5 Å². The van der Waals surface area contributed by atoms with Crippen LogP contribution >= 0.6 is 11.3 Å². The number of hydrogen-bond donors (Lipinski definition) is 1. The highest BCUT2D eigenvalue weighted by molar-refractivity contribution is 7.18. The Morgan fingerprint density at radius 2 is 2.00 bits per heavy atom. The number of nitro groups is 1. The number of thiophene rings is 1. The molecule has 0 aliphatic rings. The van der Waals surface area contributed by atoms with Gasteiger partial charge in [-0.3, -0.25) is 19.6 Å². The molecule has 0 aromatic carbocycles. The molecular formula is C16H18N4O8S. The van der Waals surface area contributed by atoms with E-state index < -0.39 is 35.0 Å². The standard InChI is InChI=1S/C16H18N4O8S/c1-5-28-16(23)12-8(2)11(15(22)27-4)14(29-12)17-10(21)7-19-6-9(20(24)25)13(18-19)26-3/h6H,5,7H2,1-4H3,(H,17,21). The number of methoxy groups -OCH3 is 2. The van der Waals surface area contributed by atoms with Gasteiger partial charge in [0.15, 0.2) is 0 Å². The van der Waals surface area contributed by atoms with Crippen LogP contribution in [0, 0.1) is 17.0 Å². The van der Waals surface area contributed by atoms with E-state index in [1.165, 1.54) is 21.1 Å². The molecular weight excluding hydrogens is 408 g/mol. The third kappa shape index (κ3) is 4.68. The Morgan fingerprint density at radius 1 is 1.31 bits per heavy atom. The van der Waals surface area contributed by atoms with Crippen molar-refractivity contribution in [1.29, 1.82) is 0 Å². The van der Waals surface area contributed by atoms with Gasteiger partial charge in [0.05, 0.1) is 31.3 Å². The van der Waals surface area contributed by atoms with Crippen LogP contribution in [0.1, 0.15) is 32.5 Å². The van der Waals surface area contributed by atoms with Crippen molar-refractivity contribution >= 4 is 39.9 Å². The van der Waals surface area contributed by atoms with Crippen molar-refractivity contribution in [3.63, 3.8) is 0 Å². The number of nitrogens with one attached hydrogen (secondary N) is 1. The number of hydrogen-bond acceptors (Lipinski definition) is 10. The Morgan fingerprint density at radius 3 is 2.52 bits per heavy atom. The molecule has 0 saturated carbocycles. The topological polar surface area (TPSA) is 152 Å². The van der Waals surface area contributed by atoms with Gasteiger partial charge in [-0.1, -0.05) is 0 Å². The molecule has 12 nitrogen and oxygen atoms in total. The van der Waals surface area contributed by atoms with Gasteiger partial charge in [0.2, 0.25) is 5.91 Å². The number of anilines is 1. The first-order chi connectivity index (χ1) is 13.7. The van der Waals surface area contributed by atoms with E-state index in [1.54, 1.807) is 6.92 Å². The van der Waals surface area contributed by atoms with Gasteiger partial charge in [0.25, 0.3) is 0 Å². The summed E-state index contributed by atoms with van der Waals surface area (Å²) in [6.07, 6.45) is 1.04. The molecule has 2 aromatic rings. The van der Waals surface area contributed by atoms with Crippen molar-refractivity contribution in [2.45, 2.75) is 20.4 Å². The Bertz CT molecular complexity index is 965. The molecule has 0 aliphatic heterocycles. The van der Waals surface area contributed by atoms with Crippen LogP contribution in [0.5, 0.6) is 5.88 Å². The van der Waals surface area contributed by atoms with Crippen molar-refractivity contribution in [1.82, 2.24) is 9.78 Å². The number of esters is 2. The minimum Gasteiger partial charge on any atom is -0.475 e. The van der Waals surface area contributed by atoms with Crippen molar-refractivity contribution < 1.29 is 33.5 Å². The monoisotopic (exact) mass is 426 g/mol. The van der Waals surface area contributed by atoms with E-state index in [2.05, 4.69) is 10.4 Å². The van der Waals surface area contributed by atoms with Crippen LogP contribution in [-0.2, 0) is 20.8 Å². The third-order valence-electron chi connectivity index (χ3n) is 3.66.